The summed E-state index contributed by atoms with van der Waals surface area (Å²) >= 11 is 0. The number of sulfonamides is 1. The molecule has 4 rings (SSSR count). The maximum absolute atomic E-state index is 12.1. The molecule has 0 bridgehead atoms. The number of nitrogens with two attached hydrogens (primary N) is 1. The van der Waals surface area contributed by atoms with Gasteiger partial charge in [-0.2, -0.15) is 5.10 Å². The molecule has 0 spiro atoms. The quantitative estimate of drug-likeness (QED) is 0.570. The molecule has 166 valence electrons. The molecule has 1 aliphatic rings. The van der Waals surface area contributed by atoms with Crippen molar-refractivity contribution in [2.75, 3.05) is 11.0 Å². The number of hydrogen-bond donors (Lipinski definition) is 2. The highest BCUT2D eigenvalue weighted by molar-refractivity contribution is 7.92. The second-order valence-electron chi connectivity index (χ2n) is 8.07. The molecule has 0 fully saturated rings. The van der Waals surface area contributed by atoms with Crippen LogP contribution in [0.3, 0.4) is 0 Å². The third-order valence-electron chi connectivity index (χ3n) is 5.48. The highest BCUT2D eigenvalue weighted by Crippen LogP contribution is 2.38. The Kier molecular flexibility index (Phi) is 5.60. The third kappa shape index (κ3) is 4.43. The van der Waals surface area contributed by atoms with Gasteiger partial charge in [0.2, 0.25) is 10.0 Å². The number of benzene rings is 2. The van der Waals surface area contributed by atoms with Gasteiger partial charge in [0.25, 0.3) is 5.91 Å². The van der Waals surface area contributed by atoms with Crippen LogP contribution in [0.15, 0.2) is 42.5 Å². The van der Waals surface area contributed by atoms with Crippen LogP contribution in [0.1, 0.15) is 40.5 Å². The van der Waals surface area contributed by atoms with Crippen LogP contribution in [-0.2, 0) is 34.1 Å². The van der Waals surface area contributed by atoms with Gasteiger partial charge in [-0.15, -0.1) is 0 Å². The van der Waals surface area contributed by atoms with Crippen molar-refractivity contribution in [2.24, 2.45) is 5.73 Å². The van der Waals surface area contributed by atoms with Crippen molar-refractivity contribution in [3.05, 3.63) is 64.8 Å². The molecule has 1 aliphatic carbocycles. The first-order valence-corrected chi connectivity index (χ1v) is 12.1. The van der Waals surface area contributed by atoms with Gasteiger partial charge in [-0.25, -0.2) is 13.1 Å². The van der Waals surface area contributed by atoms with Gasteiger partial charge in [0, 0.05) is 23.2 Å². The zero-order valence-corrected chi connectivity index (χ0v) is 18.7. The lowest BCUT2D eigenvalue weighted by atomic mass is 9.88. The molecule has 0 radical (unpaired) electrons. The number of rotatable bonds is 7. The zero-order valence-electron chi connectivity index (χ0n) is 17.9. The maximum atomic E-state index is 12.1. The van der Waals surface area contributed by atoms with Gasteiger partial charge < -0.3 is 10.5 Å². The van der Waals surface area contributed by atoms with E-state index in [1.54, 1.807) is 23.7 Å². The predicted octanol–water partition coefficient (Wildman–Crippen LogP) is 2.63. The van der Waals surface area contributed by atoms with E-state index >= 15 is 0 Å². The van der Waals surface area contributed by atoms with Crippen LogP contribution in [0.5, 0.6) is 0 Å². The fraction of sp³-hybridized carbons (Fsp3) is 0.261. The second-order valence-corrected chi connectivity index (χ2v) is 9.81. The Morgan fingerprint density at radius 1 is 1.12 bits per heavy atom. The van der Waals surface area contributed by atoms with Crippen LogP contribution in [0.2, 0.25) is 0 Å². The average molecular weight is 453 g/mol. The van der Waals surface area contributed by atoms with Gasteiger partial charge in [-0.1, -0.05) is 18.2 Å². The van der Waals surface area contributed by atoms with E-state index in [1.807, 2.05) is 30.3 Å². The van der Waals surface area contributed by atoms with Crippen molar-refractivity contribution in [2.45, 2.75) is 32.6 Å². The largest absolute Gasteiger partial charge is 0.364 e. The van der Waals surface area contributed by atoms with Crippen molar-refractivity contribution < 1.29 is 18.0 Å². The molecular formula is C23H24N4O4S. The first-order valence-electron chi connectivity index (χ1n) is 10.2. The summed E-state index contributed by atoms with van der Waals surface area (Å²) in [7, 11) is -3.44. The normalized spacial score (nSPS) is 12.7. The fourth-order valence-corrected chi connectivity index (χ4v) is 4.58. The lowest BCUT2D eigenvalue weighted by molar-refractivity contribution is -0.116. The summed E-state index contributed by atoms with van der Waals surface area (Å²) in [6.07, 6.45) is 3.53. The summed E-state index contributed by atoms with van der Waals surface area (Å²) in [4.78, 5) is 23.4. The number of nitrogens with one attached hydrogen (secondary N) is 1. The second kappa shape index (κ2) is 8.23. The summed E-state index contributed by atoms with van der Waals surface area (Å²) in [6.45, 7) is 1.57. The Bertz CT molecular complexity index is 1320. The van der Waals surface area contributed by atoms with Gasteiger partial charge in [0.1, 0.15) is 5.78 Å². The topological polar surface area (TPSA) is 124 Å². The molecule has 8 nitrogen and oxygen atoms in total. The third-order valence-corrected chi connectivity index (χ3v) is 6.08. The molecule has 0 saturated heterocycles. The smallest absolute Gasteiger partial charge is 0.269 e. The van der Waals surface area contributed by atoms with E-state index in [2.05, 4.69) is 9.82 Å². The average Bonchev–Trinajstić information content (AvgIpc) is 3.12. The minimum Gasteiger partial charge on any atom is -0.364 e. The predicted molar refractivity (Wildman–Crippen MR) is 122 cm³/mol. The molecule has 32 heavy (non-hydrogen) atoms. The molecule has 1 heterocycles. The Balaban J connectivity index is 1.82. The summed E-state index contributed by atoms with van der Waals surface area (Å²) < 4.78 is 27.6. The molecule has 0 saturated carbocycles. The Morgan fingerprint density at radius 2 is 1.84 bits per heavy atom. The van der Waals surface area contributed by atoms with Gasteiger partial charge in [0.05, 0.1) is 17.6 Å². The molecule has 1 aromatic heterocycles. The number of anilines is 1. The number of fused-ring (bicyclic) bond motifs is 3. The number of primary amides is 1. The van der Waals surface area contributed by atoms with E-state index in [-0.39, 0.29) is 11.5 Å². The Labute approximate surface area is 186 Å². The Morgan fingerprint density at radius 3 is 2.47 bits per heavy atom. The lowest BCUT2D eigenvalue weighted by Gasteiger charge is -2.20. The molecule has 0 aliphatic heterocycles. The number of Topliss-reactive ketones (excluding diaryl/α,β-unsaturated/α-hetero) is 1. The number of aryl methyl sites for hydroxylation is 2. The minimum absolute atomic E-state index is 0.136. The van der Waals surface area contributed by atoms with Gasteiger partial charge in [0.15, 0.2) is 5.69 Å². The summed E-state index contributed by atoms with van der Waals surface area (Å²) in [5.74, 6) is -0.469. The maximum Gasteiger partial charge on any atom is 0.269 e. The van der Waals surface area contributed by atoms with Crippen LogP contribution < -0.4 is 10.5 Å². The van der Waals surface area contributed by atoms with Crippen molar-refractivity contribution in [3.8, 4) is 16.9 Å². The number of hydrogen-bond acceptors (Lipinski definition) is 5. The van der Waals surface area contributed by atoms with Gasteiger partial charge in [-0.05, 0) is 61.6 Å². The number of aromatic nitrogens is 2. The van der Waals surface area contributed by atoms with Crippen molar-refractivity contribution in [3.63, 3.8) is 0 Å². The minimum atomic E-state index is -3.44. The van der Waals surface area contributed by atoms with E-state index in [1.165, 1.54) is 0 Å². The Hall–Kier alpha value is -3.46. The van der Waals surface area contributed by atoms with Crippen LogP contribution in [0, 0.1) is 0 Å². The molecular weight excluding hydrogens is 428 g/mol. The summed E-state index contributed by atoms with van der Waals surface area (Å²) in [5.41, 5.74) is 11.4. The van der Waals surface area contributed by atoms with E-state index < -0.39 is 15.9 Å². The van der Waals surface area contributed by atoms with Crippen molar-refractivity contribution >= 4 is 27.4 Å². The number of amides is 1. The van der Waals surface area contributed by atoms with E-state index in [0.717, 1.165) is 39.9 Å². The molecule has 3 N–H and O–H groups in total. The lowest BCUT2D eigenvalue weighted by Crippen LogP contribution is -2.15. The fourth-order valence-electron chi connectivity index (χ4n) is 4.02. The first-order chi connectivity index (χ1) is 15.1. The zero-order chi connectivity index (χ0) is 23.0. The van der Waals surface area contributed by atoms with Crippen LogP contribution in [0.4, 0.5) is 5.69 Å². The summed E-state index contributed by atoms with van der Waals surface area (Å²) in [6, 6.07) is 13.0. The molecule has 0 atom stereocenters. The van der Waals surface area contributed by atoms with E-state index in [4.69, 9.17) is 5.73 Å². The molecule has 3 aromatic rings. The first kappa shape index (κ1) is 21.8. The van der Waals surface area contributed by atoms with E-state index in [9.17, 15) is 18.0 Å². The molecule has 2 aromatic carbocycles. The monoisotopic (exact) mass is 452 g/mol. The molecule has 1 amide bonds. The number of ketones is 1. The number of nitrogens with zero attached hydrogens (tertiary/aromatic N) is 2. The van der Waals surface area contributed by atoms with E-state index in [0.29, 0.717) is 31.4 Å². The molecule has 0 unspecified atom stereocenters. The summed E-state index contributed by atoms with van der Waals surface area (Å²) in [5, 5.41) is 4.52. The van der Waals surface area contributed by atoms with Crippen molar-refractivity contribution in [1.82, 2.24) is 9.78 Å². The van der Waals surface area contributed by atoms with Crippen LogP contribution >= 0.6 is 0 Å². The SMILES string of the molecule is CC(=O)CCc1ccc(-n2nc(C(N)=O)c3c2-c2cc(NS(C)(=O)=O)ccc2CC3)cc1. The molecule has 9 heteroatoms. The van der Waals surface area contributed by atoms with Gasteiger partial charge >= 0.3 is 0 Å². The van der Waals surface area contributed by atoms with Crippen LogP contribution in [-0.4, -0.2) is 36.1 Å². The van der Waals surface area contributed by atoms with Crippen LogP contribution in [0.25, 0.3) is 16.9 Å². The standard InChI is InChI=1S/C23H24N4O4S/c1-14(28)3-4-15-5-10-18(11-6-15)27-22-19(21(25-27)23(24)29)12-8-16-7-9-17(13-20(16)22)26-32(2,30)31/h5-7,9-11,13,26H,3-4,8,12H2,1-2H3,(H2,24,29). The number of carbonyl (C=O) groups excluding carboxylic acids is 2. The van der Waals surface area contributed by atoms with Gasteiger partial charge in [-0.3, -0.25) is 9.52 Å². The highest BCUT2D eigenvalue weighted by Gasteiger charge is 2.28. The highest BCUT2D eigenvalue weighted by atomic mass is 32.2. The van der Waals surface area contributed by atoms with Crippen molar-refractivity contribution in [1.29, 1.82) is 0 Å². The number of carbonyl (C=O) groups is 2.